The van der Waals surface area contributed by atoms with Crippen molar-refractivity contribution in [2.24, 2.45) is 11.7 Å². The van der Waals surface area contributed by atoms with Gasteiger partial charge in [0.05, 0.1) is 6.54 Å². The Morgan fingerprint density at radius 1 is 1.54 bits per heavy atom. The normalized spacial score (nSPS) is 11.2. The van der Waals surface area contributed by atoms with Gasteiger partial charge in [0, 0.05) is 6.54 Å². The quantitative estimate of drug-likeness (QED) is 0.606. The lowest BCUT2D eigenvalue weighted by molar-refractivity contribution is -0.138. The highest BCUT2D eigenvalue weighted by molar-refractivity contribution is 5.69. The smallest absolute Gasteiger partial charge is 0.317 e. The molecule has 13 heavy (non-hydrogen) atoms. The first-order valence-corrected chi connectivity index (χ1v) is 4.70. The Bertz CT molecular complexity index is 149. The van der Waals surface area contributed by atoms with E-state index in [9.17, 15) is 4.79 Å². The molecular weight excluding hydrogens is 168 g/mol. The van der Waals surface area contributed by atoms with Crippen LogP contribution in [0.3, 0.4) is 0 Å². The highest BCUT2D eigenvalue weighted by Crippen LogP contribution is 1.99. The van der Waals surface area contributed by atoms with Crippen LogP contribution in [0.2, 0.25) is 0 Å². The van der Waals surface area contributed by atoms with Gasteiger partial charge in [0.1, 0.15) is 0 Å². The number of carboxylic acid groups (broad SMARTS) is 1. The molecule has 0 aliphatic rings. The maximum Gasteiger partial charge on any atom is 0.317 e. The summed E-state index contributed by atoms with van der Waals surface area (Å²) in [7, 11) is 0. The molecule has 0 atom stereocenters. The Morgan fingerprint density at radius 3 is 2.54 bits per heavy atom. The molecule has 0 amide bonds. The van der Waals surface area contributed by atoms with Crippen molar-refractivity contribution in [3.63, 3.8) is 0 Å². The minimum Gasteiger partial charge on any atom is -0.480 e. The van der Waals surface area contributed by atoms with Gasteiger partial charge in [0.25, 0.3) is 0 Å². The van der Waals surface area contributed by atoms with E-state index < -0.39 is 5.97 Å². The van der Waals surface area contributed by atoms with E-state index in [2.05, 4.69) is 13.8 Å². The number of rotatable bonds is 7. The first-order valence-electron chi connectivity index (χ1n) is 4.70. The zero-order valence-corrected chi connectivity index (χ0v) is 8.49. The zero-order chi connectivity index (χ0) is 10.3. The first-order chi connectivity index (χ1) is 6.06. The fourth-order valence-electron chi connectivity index (χ4n) is 1.26. The molecule has 0 aliphatic carbocycles. The number of hydrogen-bond acceptors (Lipinski definition) is 3. The van der Waals surface area contributed by atoms with Gasteiger partial charge >= 0.3 is 5.97 Å². The van der Waals surface area contributed by atoms with Gasteiger partial charge in [-0.3, -0.25) is 9.69 Å². The van der Waals surface area contributed by atoms with E-state index in [1.165, 1.54) is 0 Å². The Balaban J connectivity index is 3.80. The molecule has 0 unspecified atom stereocenters. The summed E-state index contributed by atoms with van der Waals surface area (Å²) in [5.74, 6) is -0.269. The molecule has 3 N–H and O–H groups in total. The molecule has 4 heteroatoms. The molecule has 0 heterocycles. The zero-order valence-electron chi connectivity index (χ0n) is 8.49. The number of nitrogens with zero attached hydrogens (tertiary/aromatic N) is 1. The summed E-state index contributed by atoms with van der Waals surface area (Å²) in [6.07, 6.45) is 0.861. The van der Waals surface area contributed by atoms with Crippen LogP contribution in [0.5, 0.6) is 0 Å². The van der Waals surface area contributed by atoms with Crippen LogP contribution in [0.4, 0.5) is 0 Å². The van der Waals surface area contributed by atoms with Crippen LogP contribution in [0.25, 0.3) is 0 Å². The van der Waals surface area contributed by atoms with Gasteiger partial charge in [0.2, 0.25) is 0 Å². The van der Waals surface area contributed by atoms with Crippen LogP contribution >= 0.6 is 0 Å². The Morgan fingerprint density at radius 2 is 2.15 bits per heavy atom. The fourth-order valence-corrected chi connectivity index (χ4v) is 1.26. The average molecular weight is 188 g/mol. The SMILES string of the molecule is CC(C)CN(CCCN)CC(=O)O. The van der Waals surface area contributed by atoms with Crippen molar-refractivity contribution in [1.82, 2.24) is 4.90 Å². The molecule has 0 saturated heterocycles. The summed E-state index contributed by atoms with van der Waals surface area (Å²) in [6, 6.07) is 0. The molecule has 0 saturated carbocycles. The molecule has 0 aromatic heterocycles. The van der Waals surface area contributed by atoms with E-state index in [0.717, 1.165) is 19.5 Å². The highest BCUT2D eigenvalue weighted by atomic mass is 16.4. The summed E-state index contributed by atoms with van der Waals surface area (Å²) in [5.41, 5.74) is 5.36. The molecule has 4 nitrogen and oxygen atoms in total. The van der Waals surface area contributed by atoms with E-state index in [-0.39, 0.29) is 6.54 Å². The molecule has 0 bridgehead atoms. The minimum atomic E-state index is -0.766. The van der Waals surface area contributed by atoms with Gasteiger partial charge in [-0.2, -0.15) is 0 Å². The predicted octanol–water partition coefficient (Wildman–Crippen LogP) is 0.378. The summed E-state index contributed by atoms with van der Waals surface area (Å²) >= 11 is 0. The Kier molecular flexibility index (Phi) is 6.54. The number of hydrogen-bond donors (Lipinski definition) is 2. The molecule has 78 valence electrons. The lowest BCUT2D eigenvalue weighted by atomic mass is 10.2. The van der Waals surface area contributed by atoms with Crippen LogP contribution in [-0.2, 0) is 4.79 Å². The third-order valence-electron chi connectivity index (χ3n) is 1.66. The third kappa shape index (κ3) is 7.74. The average Bonchev–Trinajstić information content (AvgIpc) is 1.98. The van der Waals surface area contributed by atoms with Crippen molar-refractivity contribution in [2.75, 3.05) is 26.2 Å². The van der Waals surface area contributed by atoms with E-state index in [1.54, 1.807) is 0 Å². The van der Waals surface area contributed by atoms with Gasteiger partial charge in [-0.25, -0.2) is 0 Å². The second kappa shape index (κ2) is 6.86. The van der Waals surface area contributed by atoms with Gasteiger partial charge in [0.15, 0.2) is 0 Å². The topological polar surface area (TPSA) is 66.6 Å². The minimum absolute atomic E-state index is 0.123. The first kappa shape index (κ1) is 12.4. The van der Waals surface area contributed by atoms with Crippen LogP contribution in [0.1, 0.15) is 20.3 Å². The lowest BCUT2D eigenvalue weighted by Crippen LogP contribution is -2.34. The molecular formula is C9H20N2O2. The van der Waals surface area contributed by atoms with Crippen LogP contribution < -0.4 is 5.73 Å². The molecule has 0 fully saturated rings. The Hall–Kier alpha value is -0.610. The molecule has 0 rings (SSSR count). The van der Waals surface area contributed by atoms with E-state index in [1.807, 2.05) is 4.90 Å². The summed E-state index contributed by atoms with van der Waals surface area (Å²) in [6.45, 7) is 6.51. The van der Waals surface area contributed by atoms with Crippen LogP contribution in [0.15, 0.2) is 0 Å². The van der Waals surface area contributed by atoms with Gasteiger partial charge in [-0.1, -0.05) is 13.8 Å². The number of aliphatic carboxylic acids is 1. The van der Waals surface area contributed by atoms with E-state index in [4.69, 9.17) is 10.8 Å². The van der Waals surface area contributed by atoms with E-state index in [0.29, 0.717) is 12.5 Å². The van der Waals surface area contributed by atoms with Gasteiger partial charge < -0.3 is 10.8 Å². The van der Waals surface area contributed by atoms with Crippen molar-refractivity contribution in [3.05, 3.63) is 0 Å². The summed E-state index contributed by atoms with van der Waals surface area (Å²) in [4.78, 5) is 12.4. The highest BCUT2D eigenvalue weighted by Gasteiger charge is 2.10. The maximum absolute atomic E-state index is 10.5. The molecule has 0 aromatic carbocycles. The molecule has 0 aliphatic heterocycles. The second-order valence-electron chi connectivity index (χ2n) is 3.66. The predicted molar refractivity (Wildman–Crippen MR) is 52.6 cm³/mol. The standard InChI is InChI=1S/C9H20N2O2/c1-8(2)6-11(5-3-4-10)7-9(12)13/h8H,3-7,10H2,1-2H3,(H,12,13). The monoisotopic (exact) mass is 188 g/mol. The van der Waals surface area contributed by atoms with Crippen molar-refractivity contribution < 1.29 is 9.90 Å². The van der Waals surface area contributed by atoms with Crippen LogP contribution in [0, 0.1) is 5.92 Å². The maximum atomic E-state index is 10.5. The van der Waals surface area contributed by atoms with Crippen molar-refractivity contribution in [3.8, 4) is 0 Å². The Labute approximate surface area is 79.7 Å². The number of carboxylic acids is 1. The summed E-state index contributed by atoms with van der Waals surface area (Å²) < 4.78 is 0. The second-order valence-corrected chi connectivity index (χ2v) is 3.66. The number of nitrogens with two attached hydrogens (primary N) is 1. The third-order valence-corrected chi connectivity index (χ3v) is 1.66. The van der Waals surface area contributed by atoms with Crippen molar-refractivity contribution >= 4 is 5.97 Å². The largest absolute Gasteiger partial charge is 0.480 e. The molecule has 0 aromatic rings. The number of carbonyl (C=O) groups is 1. The lowest BCUT2D eigenvalue weighted by Gasteiger charge is -2.21. The van der Waals surface area contributed by atoms with Gasteiger partial charge in [-0.05, 0) is 25.4 Å². The van der Waals surface area contributed by atoms with E-state index >= 15 is 0 Å². The van der Waals surface area contributed by atoms with Gasteiger partial charge in [-0.15, -0.1) is 0 Å². The van der Waals surface area contributed by atoms with Crippen molar-refractivity contribution in [2.45, 2.75) is 20.3 Å². The molecule has 0 radical (unpaired) electrons. The van der Waals surface area contributed by atoms with Crippen molar-refractivity contribution in [1.29, 1.82) is 0 Å². The molecule has 0 spiro atoms. The fraction of sp³-hybridized carbons (Fsp3) is 0.889. The van der Waals surface area contributed by atoms with Crippen LogP contribution in [-0.4, -0.2) is 42.2 Å². The summed E-state index contributed by atoms with van der Waals surface area (Å²) in [5, 5.41) is 8.62.